The van der Waals surface area contributed by atoms with Crippen LogP contribution < -0.4 is 11.1 Å². The van der Waals surface area contributed by atoms with Crippen LogP contribution in [0.3, 0.4) is 0 Å². The summed E-state index contributed by atoms with van der Waals surface area (Å²) < 4.78 is 29.5. The number of nitrogens with one attached hydrogen (secondary N) is 1. The van der Waals surface area contributed by atoms with E-state index in [9.17, 15) is 13.2 Å². The Balaban J connectivity index is 3.15. The Kier molecular flexibility index (Phi) is 5.37. The van der Waals surface area contributed by atoms with Gasteiger partial charge in [-0.2, -0.15) is 5.10 Å². The summed E-state index contributed by atoms with van der Waals surface area (Å²) in [6, 6.07) is 0. The molecule has 0 fully saturated rings. The zero-order chi connectivity index (χ0) is 15.3. The van der Waals surface area contributed by atoms with E-state index in [4.69, 9.17) is 10.5 Å². The quantitative estimate of drug-likeness (QED) is 0.694. The molecule has 0 bridgehead atoms. The molecule has 0 amide bonds. The number of hydrogen-bond donors (Lipinski definition) is 2. The third-order valence-corrected chi connectivity index (χ3v) is 3.59. The fourth-order valence-electron chi connectivity index (χ4n) is 1.63. The van der Waals surface area contributed by atoms with Crippen LogP contribution in [-0.2, 0) is 25.9 Å². The van der Waals surface area contributed by atoms with E-state index in [-0.39, 0.29) is 29.7 Å². The van der Waals surface area contributed by atoms with Gasteiger partial charge < -0.3 is 15.8 Å². The van der Waals surface area contributed by atoms with Crippen LogP contribution in [0.4, 0.5) is 11.6 Å². The summed E-state index contributed by atoms with van der Waals surface area (Å²) >= 11 is 0. The van der Waals surface area contributed by atoms with Crippen molar-refractivity contribution in [2.45, 2.75) is 31.7 Å². The lowest BCUT2D eigenvalue weighted by Gasteiger charge is -2.04. The normalized spacial score (nSPS) is 11.3. The van der Waals surface area contributed by atoms with Gasteiger partial charge in [-0.1, -0.05) is 6.92 Å². The van der Waals surface area contributed by atoms with E-state index in [1.54, 1.807) is 6.92 Å². The Morgan fingerprint density at radius 2 is 2.10 bits per heavy atom. The van der Waals surface area contributed by atoms with Crippen molar-refractivity contribution in [3.05, 3.63) is 0 Å². The molecule has 0 aromatic carbocycles. The molecule has 3 N–H and O–H groups in total. The average Bonchev–Trinajstić information content (AvgIpc) is 2.63. The van der Waals surface area contributed by atoms with Gasteiger partial charge in [0.1, 0.15) is 12.4 Å². The van der Waals surface area contributed by atoms with Crippen molar-refractivity contribution in [3.63, 3.8) is 0 Å². The van der Waals surface area contributed by atoms with Crippen molar-refractivity contribution < 1.29 is 17.9 Å². The number of anilines is 2. The van der Waals surface area contributed by atoms with Gasteiger partial charge in [0.2, 0.25) is 0 Å². The minimum Gasteiger partial charge on any atom is -0.465 e. The van der Waals surface area contributed by atoms with Crippen LogP contribution in [0.25, 0.3) is 0 Å². The summed E-state index contributed by atoms with van der Waals surface area (Å²) in [5.41, 5.74) is 5.78. The number of nitrogen functional groups attached to an aromatic ring is 1. The summed E-state index contributed by atoms with van der Waals surface area (Å²) in [5.74, 6) is -0.431. The number of sulfone groups is 1. The number of esters is 1. The van der Waals surface area contributed by atoms with Gasteiger partial charge in [-0.15, -0.1) is 0 Å². The van der Waals surface area contributed by atoms with Gasteiger partial charge in [0.15, 0.2) is 20.6 Å². The molecule has 1 aromatic heterocycles. The van der Waals surface area contributed by atoms with Crippen LogP contribution in [0.1, 0.15) is 20.3 Å². The largest absolute Gasteiger partial charge is 0.465 e. The first kappa shape index (κ1) is 16.3. The van der Waals surface area contributed by atoms with Crippen LogP contribution in [0.5, 0.6) is 0 Å². The van der Waals surface area contributed by atoms with Gasteiger partial charge in [-0.05, 0) is 13.3 Å². The maximum absolute atomic E-state index is 11.8. The molecule has 0 saturated heterocycles. The molecule has 0 radical (unpaired) electrons. The van der Waals surface area contributed by atoms with Crippen LogP contribution >= 0.6 is 0 Å². The first-order valence-corrected chi connectivity index (χ1v) is 8.16. The highest BCUT2D eigenvalue weighted by molar-refractivity contribution is 7.91. The first-order chi connectivity index (χ1) is 9.31. The van der Waals surface area contributed by atoms with Crippen molar-refractivity contribution >= 4 is 27.4 Å². The van der Waals surface area contributed by atoms with Gasteiger partial charge in [-0.25, -0.2) is 13.1 Å². The topological polar surface area (TPSA) is 116 Å². The number of ether oxygens (including phenoxy) is 1. The standard InChI is InChI=1S/C11H20N4O4S/c1-4-6-13-11-9(20(3,17)18)10(12)15(14-11)7-8(16)19-5-2/h4-7,12H2,1-3H3,(H,13,14). The lowest BCUT2D eigenvalue weighted by molar-refractivity contribution is -0.144. The lowest BCUT2D eigenvalue weighted by Crippen LogP contribution is -2.16. The number of rotatable bonds is 7. The van der Waals surface area contributed by atoms with Crippen LogP contribution in [-0.4, -0.2) is 43.6 Å². The zero-order valence-electron chi connectivity index (χ0n) is 11.8. The minimum absolute atomic E-state index is 0.0702. The molecule has 1 heterocycles. The molecule has 0 saturated carbocycles. The summed E-state index contributed by atoms with van der Waals surface area (Å²) in [4.78, 5) is 11.4. The Labute approximate surface area is 118 Å². The highest BCUT2D eigenvalue weighted by atomic mass is 32.2. The molecule has 1 aromatic rings. The van der Waals surface area contributed by atoms with E-state index in [1.165, 1.54) is 0 Å². The van der Waals surface area contributed by atoms with Gasteiger partial charge in [-0.3, -0.25) is 4.79 Å². The molecule has 1 rings (SSSR count). The fraction of sp³-hybridized carbons (Fsp3) is 0.636. The highest BCUT2D eigenvalue weighted by Crippen LogP contribution is 2.27. The Bertz CT molecular complexity index is 579. The number of nitrogens with two attached hydrogens (primary N) is 1. The van der Waals surface area contributed by atoms with E-state index in [0.29, 0.717) is 6.54 Å². The molecule has 20 heavy (non-hydrogen) atoms. The first-order valence-electron chi connectivity index (χ1n) is 6.27. The Morgan fingerprint density at radius 1 is 1.45 bits per heavy atom. The van der Waals surface area contributed by atoms with Crippen molar-refractivity contribution in [3.8, 4) is 0 Å². The second-order valence-corrected chi connectivity index (χ2v) is 6.18. The van der Waals surface area contributed by atoms with Crippen LogP contribution in [0.15, 0.2) is 4.90 Å². The predicted molar refractivity (Wildman–Crippen MR) is 75.2 cm³/mol. The maximum Gasteiger partial charge on any atom is 0.327 e. The third kappa shape index (κ3) is 3.86. The number of carbonyl (C=O) groups is 1. The van der Waals surface area contributed by atoms with E-state index in [1.807, 2.05) is 6.92 Å². The van der Waals surface area contributed by atoms with Crippen molar-refractivity contribution in [2.24, 2.45) is 0 Å². The summed E-state index contributed by atoms with van der Waals surface area (Å²) in [7, 11) is -3.54. The molecule has 9 heteroatoms. The molecule has 0 unspecified atom stereocenters. The van der Waals surface area contributed by atoms with E-state index < -0.39 is 15.8 Å². The summed E-state index contributed by atoms with van der Waals surface area (Å²) in [5, 5.41) is 6.93. The molecular formula is C11H20N4O4S. The second-order valence-electron chi connectivity index (χ2n) is 4.22. The van der Waals surface area contributed by atoms with Crippen molar-refractivity contribution in [2.75, 3.05) is 30.5 Å². The van der Waals surface area contributed by atoms with Crippen LogP contribution in [0, 0.1) is 0 Å². The minimum atomic E-state index is -3.54. The Morgan fingerprint density at radius 3 is 2.60 bits per heavy atom. The van der Waals surface area contributed by atoms with E-state index >= 15 is 0 Å². The molecule has 0 aliphatic heterocycles. The molecule has 0 spiro atoms. The van der Waals surface area contributed by atoms with Gasteiger partial charge in [0.25, 0.3) is 0 Å². The predicted octanol–water partition coefficient (Wildman–Crippen LogP) is 0.254. The Hall–Kier alpha value is -1.77. The zero-order valence-corrected chi connectivity index (χ0v) is 12.7. The second kappa shape index (κ2) is 6.60. The van der Waals surface area contributed by atoms with Crippen molar-refractivity contribution in [1.29, 1.82) is 0 Å². The van der Waals surface area contributed by atoms with Gasteiger partial charge in [0.05, 0.1) is 6.61 Å². The summed E-state index contributed by atoms with van der Waals surface area (Å²) in [6.07, 6.45) is 1.85. The number of hydrogen-bond acceptors (Lipinski definition) is 7. The highest BCUT2D eigenvalue weighted by Gasteiger charge is 2.24. The molecule has 0 aliphatic carbocycles. The number of nitrogens with zero attached hydrogens (tertiary/aromatic N) is 2. The maximum atomic E-state index is 11.8. The SMILES string of the molecule is CCCNc1nn(CC(=O)OCC)c(N)c1S(C)(=O)=O. The monoisotopic (exact) mass is 304 g/mol. The summed E-state index contributed by atoms with van der Waals surface area (Å²) in [6.45, 7) is 4.18. The third-order valence-electron chi connectivity index (χ3n) is 2.44. The molecule has 0 atom stereocenters. The molecular weight excluding hydrogens is 284 g/mol. The van der Waals surface area contributed by atoms with Gasteiger partial charge in [0, 0.05) is 12.8 Å². The van der Waals surface area contributed by atoms with E-state index in [0.717, 1.165) is 17.4 Å². The van der Waals surface area contributed by atoms with Crippen molar-refractivity contribution in [1.82, 2.24) is 9.78 Å². The van der Waals surface area contributed by atoms with Gasteiger partial charge >= 0.3 is 5.97 Å². The lowest BCUT2D eigenvalue weighted by atomic mass is 10.4. The molecule has 114 valence electrons. The van der Waals surface area contributed by atoms with Crippen LogP contribution in [0.2, 0.25) is 0 Å². The van der Waals surface area contributed by atoms with E-state index in [2.05, 4.69) is 10.4 Å². The average molecular weight is 304 g/mol. The number of carbonyl (C=O) groups excluding carboxylic acids is 1. The smallest absolute Gasteiger partial charge is 0.327 e. The molecule has 8 nitrogen and oxygen atoms in total. The fourth-order valence-corrected chi connectivity index (χ4v) is 2.58. The molecule has 0 aliphatic rings. The number of aromatic nitrogens is 2.